The molecule has 0 N–H and O–H groups in total. The topological polar surface area (TPSA) is 44.1 Å². The van der Waals surface area contributed by atoms with Gasteiger partial charge < -0.3 is 4.74 Å². The molecule has 1 heterocycles. The number of halogens is 3. The molecular weight excluding hydrogens is 321 g/mol. The van der Waals surface area contributed by atoms with Crippen molar-refractivity contribution in [1.29, 1.82) is 0 Å². The lowest BCUT2D eigenvalue weighted by molar-refractivity contribution is -0.143. The molecule has 7 heteroatoms. The van der Waals surface area contributed by atoms with Crippen LogP contribution in [0.15, 0.2) is 48.7 Å². The summed E-state index contributed by atoms with van der Waals surface area (Å²) in [6.07, 6.45) is -3.86. The highest BCUT2D eigenvalue weighted by molar-refractivity contribution is 5.93. The van der Waals surface area contributed by atoms with Crippen molar-refractivity contribution in [2.24, 2.45) is 0 Å². The van der Waals surface area contributed by atoms with Gasteiger partial charge in [0.2, 0.25) is 0 Å². The molecule has 0 unspecified atom stereocenters. The molecule has 0 atom stereocenters. The van der Waals surface area contributed by atoms with E-state index in [4.69, 9.17) is 4.74 Å². The summed E-state index contributed by atoms with van der Waals surface area (Å²) in [6, 6.07) is 12.0. The van der Waals surface area contributed by atoms with Crippen LogP contribution in [0.4, 0.5) is 13.2 Å². The Kier molecular flexibility index (Phi) is 4.01. The number of carbonyl (C=O) groups is 1. The molecule has 3 aromatic rings. The largest absolute Gasteiger partial charge is 0.462 e. The maximum atomic E-state index is 13.6. The van der Waals surface area contributed by atoms with Crippen LogP contribution in [0.25, 0.3) is 16.5 Å². The molecule has 124 valence electrons. The molecule has 0 fully saturated rings. The fraction of sp³-hybridized carbons (Fsp3) is 0.176. The zero-order chi connectivity index (χ0) is 17.3. The Labute approximate surface area is 135 Å². The number of hydrogen-bond acceptors (Lipinski definition) is 3. The van der Waals surface area contributed by atoms with Crippen molar-refractivity contribution in [3.63, 3.8) is 0 Å². The summed E-state index contributed by atoms with van der Waals surface area (Å²) in [7, 11) is 0. The summed E-state index contributed by atoms with van der Waals surface area (Å²) in [5.74, 6) is -1.05. The molecule has 24 heavy (non-hydrogen) atoms. The Balaban J connectivity index is 2.26. The van der Waals surface area contributed by atoms with Crippen LogP contribution in [-0.4, -0.2) is 22.4 Å². The van der Waals surface area contributed by atoms with Crippen molar-refractivity contribution in [2.75, 3.05) is 6.61 Å². The van der Waals surface area contributed by atoms with E-state index in [-0.39, 0.29) is 12.3 Å². The zero-order valence-electron chi connectivity index (χ0n) is 12.7. The molecule has 0 aliphatic heterocycles. The summed E-state index contributed by atoms with van der Waals surface area (Å²) >= 11 is 0. The second-order valence-corrected chi connectivity index (χ2v) is 5.04. The first kappa shape index (κ1) is 16.0. The van der Waals surface area contributed by atoms with Crippen LogP contribution in [0.1, 0.15) is 23.0 Å². The molecular formula is C17H13F3N2O2. The van der Waals surface area contributed by atoms with Crippen molar-refractivity contribution in [3.8, 4) is 5.69 Å². The predicted octanol–water partition coefficient (Wildman–Crippen LogP) is 4.22. The molecule has 0 aliphatic carbocycles. The first-order valence-electron chi connectivity index (χ1n) is 7.24. The number of nitrogens with zero attached hydrogens (tertiary/aromatic N) is 2. The average molecular weight is 334 g/mol. The van der Waals surface area contributed by atoms with E-state index in [2.05, 4.69) is 5.10 Å². The van der Waals surface area contributed by atoms with Crippen molar-refractivity contribution in [3.05, 3.63) is 59.9 Å². The number of benzene rings is 2. The van der Waals surface area contributed by atoms with E-state index < -0.39 is 23.4 Å². The quantitative estimate of drug-likeness (QED) is 0.674. The van der Waals surface area contributed by atoms with E-state index in [0.29, 0.717) is 5.39 Å². The van der Waals surface area contributed by atoms with Crippen LogP contribution in [0.3, 0.4) is 0 Å². The molecule has 0 radical (unpaired) electrons. The van der Waals surface area contributed by atoms with E-state index in [1.165, 1.54) is 13.0 Å². The molecule has 3 rings (SSSR count). The van der Waals surface area contributed by atoms with Gasteiger partial charge in [0.15, 0.2) is 5.69 Å². The van der Waals surface area contributed by atoms with Crippen LogP contribution in [0.5, 0.6) is 0 Å². The van der Waals surface area contributed by atoms with E-state index in [1.54, 1.807) is 36.4 Å². The molecule has 0 saturated carbocycles. The second-order valence-electron chi connectivity index (χ2n) is 5.04. The molecule has 1 aromatic heterocycles. The summed E-state index contributed by atoms with van der Waals surface area (Å²) in [4.78, 5) is 11.8. The fourth-order valence-electron chi connectivity index (χ4n) is 2.56. The Morgan fingerprint density at radius 2 is 1.88 bits per heavy atom. The summed E-state index contributed by atoms with van der Waals surface area (Å²) in [5, 5.41) is 5.18. The number of aromatic nitrogens is 2. The first-order chi connectivity index (χ1) is 11.4. The predicted molar refractivity (Wildman–Crippen MR) is 82.0 cm³/mol. The van der Waals surface area contributed by atoms with Crippen LogP contribution in [0.2, 0.25) is 0 Å². The third-order valence-electron chi connectivity index (χ3n) is 3.53. The van der Waals surface area contributed by atoms with Crippen molar-refractivity contribution >= 4 is 16.7 Å². The molecule has 0 aliphatic rings. The van der Waals surface area contributed by atoms with E-state index in [9.17, 15) is 18.0 Å². The minimum absolute atomic E-state index is 0.0183. The van der Waals surface area contributed by atoms with Crippen LogP contribution < -0.4 is 0 Å². The number of fused-ring (bicyclic) bond motifs is 1. The average Bonchev–Trinajstić information content (AvgIpc) is 3.00. The molecule has 0 spiro atoms. The van der Waals surface area contributed by atoms with Crippen LogP contribution in [0, 0.1) is 0 Å². The standard InChI is InChI=1S/C17H13F3N2O2/c1-2-24-16(23)13-10-21-22(15(13)17(18,19)20)14-9-5-7-11-6-3-4-8-12(11)14/h3-10H,2H2,1H3. The zero-order valence-corrected chi connectivity index (χ0v) is 12.7. The van der Waals surface area contributed by atoms with E-state index in [1.807, 2.05) is 0 Å². The summed E-state index contributed by atoms with van der Waals surface area (Å²) in [6.45, 7) is 1.51. The molecule has 0 saturated heterocycles. The van der Waals surface area contributed by atoms with Gasteiger partial charge >= 0.3 is 12.1 Å². The minimum Gasteiger partial charge on any atom is -0.462 e. The Morgan fingerprint density at radius 3 is 2.58 bits per heavy atom. The van der Waals surface area contributed by atoms with Gasteiger partial charge in [-0.2, -0.15) is 18.3 Å². The fourth-order valence-corrected chi connectivity index (χ4v) is 2.56. The Hall–Kier alpha value is -2.83. The lowest BCUT2D eigenvalue weighted by Crippen LogP contribution is -2.18. The number of carbonyl (C=O) groups excluding carboxylic acids is 1. The van der Waals surface area contributed by atoms with E-state index in [0.717, 1.165) is 16.3 Å². The van der Waals surface area contributed by atoms with Gasteiger partial charge in [-0.25, -0.2) is 9.48 Å². The maximum Gasteiger partial charge on any atom is 0.434 e. The maximum absolute atomic E-state index is 13.6. The Morgan fingerprint density at radius 1 is 1.17 bits per heavy atom. The SMILES string of the molecule is CCOC(=O)c1cnn(-c2cccc3ccccc23)c1C(F)(F)F. The van der Waals surface area contributed by atoms with Crippen LogP contribution >= 0.6 is 0 Å². The highest BCUT2D eigenvalue weighted by atomic mass is 19.4. The van der Waals surface area contributed by atoms with Gasteiger partial charge in [0.1, 0.15) is 5.56 Å². The van der Waals surface area contributed by atoms with Gasteiger partial charge in [0.25, 0.3) is 0 Å². The van der Waals surface area contributed by atoms with Gasteiger partial charge in [0.05, 0.1) is 18.5 Å². The van der Waals surface area contributed by atoms with Gasteiger partial charge in [0, 0.05) is 5.39 Å². The molecule has 4 nitrogen and oxygen atoms in total. The second kappa shape index (κ2) is 5.99. The van der Waals surface area contributed by atoms with Gasteiger partial charge in [-0.05, 0) is 18.4 Å². The van der Waals surface area contributed by atoms with E-state index >= 15 is 0 Å². The number of hydrogen-bond donors (Lipinski definition) is 0. The number of esters is 1. The van der Waals surface area contributed by atoms with Crippen LogP contribution in [-0.2, 0) is 10.9 Å². The summed E-state index contributed by atoms with van der Waals surface area (Å²) in [5.41, 5.74) is -1.49. The monoisotopic (exact) mass is 334 g/mol. The minimum atomic E-state index is -4.75. The molecule has 2 aromatic carbocycles. The van der Waals surface area contributed by atoms with Crippen molar-refractivity contribution in [2.45, 2.75) is 13.1 Å². The highest BCUT2D eigenvalue weighted by Crippen LogP contribution is 2.35. The molecule has 0 bridgehead atoms. The number of rotatable bonds is 3. The lowest BCUT2D eigenvalue weighted by Gasteiger charge is -2.14. The molecule has 0 amide bonds. The number of alkyl halides is 3. The lowest BCUT2D eigenvalue weighted by atomic mass is 10.1. The Bertz CT molecular complexity index is 895. The van der Waals surface area contributed by atoms with Gasteiger partial charge in [-0.1, -0.05) is 36.4 Å². The van der Waals surface area contributed by atoms with Gasteiger partial charge in [-0.15, -0.1) is 0 Å². The first-order valence-corrected chi connectivity index (χ1v) is 7.24. The van der Waals surface area contributed by atoms with Crippen molar-refractivity contribution < 1.29 is 22.7 Å². The summed E-state index contributed by atoms with van der Waals surface area (Å²) < 4.78 is 46.1. The normalized spacial score (nSPS) is 11.7. The number of ether oxygens (including phenoxy) is 1. The van der Waals surface area contributed by atoms with Gasteiger partial charge in [-0.3, -0.25) is 0 Å². The third kappa shape index (κ3) is 2.73. The third-order valence-corrected chi connectivity index (χ3v) is 3.53. The smallest absolute Gasteiger partial charge is 0.434 e. The highest BCUT2D eigenvalue weighted by Gasteiger charge is 2.41. The van der Waals surface area contributed by atoms with Crippen molar-refractivity contribution in [1.82, 2.24) is 9.78 Å².